The van der Waals surface area contributed by atoms with Crippen molar-refractivity contribution in [3.8, 4) is 0 Å². The predicted octanol–water partition coefficient (Wildman–Crippen LogP) is 1.79. The highest BCUT2D eigenvalue weighted by atomic mass is 16.2. The van der Waals surface area contributed by atoms with Gasteiger partial charge in [0.2, 0.25) is 5.91 Å². The second-order valence-corrected chi connectivity index (χ2v) is 7.01. The zero-order chi connectivity index (χ0) is 15.9. The van der Waals surface area contributed by atoms with E-state index >= 15 is 0 Å². The molecule has 2 atom stereocenters. The Morgan fingerprint density at radius 3 is 2.55 bits per heavy atom. The van der Waals surface area contributed by atoms with Crippen LogP contribution in [0.2, 0.25) is 0 Å². The number of carbonyl (C=O) groups excluding carboxylic acids is 1. The molecule has 2 bridgehead atoms. The van der Waals surface area contributed by atoms with Gasteiger partial charge < -0.3 is 15.6 Å². The molecular formula is C17H25N3O2. The highest BCUT2D eigenvalue weighted by Gasteiger charge is 2.40. The summed E-state index contributed by atoms with van der Waals surface area (Å²) in [7, 11) is 1.70. The molecule has 2 unspecified atom stereocenters. The van der Waals surface area contributed by atoms with Crippen LogP contribution >= 0.6 is 0 Å². The third-order valence-corrected chi connectivity index (χ3v) is 5.41. The fourth-order valence-corrected chi connectivity index (χ4v) is 4.19. The number of hydrogen-bond donors (Lipinski definition) is 2. The number of fused-ring (bicyclic) bond motifs is 2. The molecule has 0 aliphatic heterocycles. The Bertz CT molecular complexity index is 597. The first-order valence-corrected chi connectivity index (χ1v) is 8.19. The van der Waals surface area contributed by atoms with Gasteiger partial charge in [0.1, 0.15) is 0 Å². The van der Waals surface area contributed by atoms with Crippen molar-refractivity contribution in [3.05, 3.63) is 28.2 Å². The normalized spacial score (nSPS) is 30.9. The number of anilines is 1. The van der Waals surface area contributed by atoms with Gasteiger partial charge in [-0.1, -0.05) is 6.42 Å². The molecule has 2 aliphatic carbocycles. The van der Waals surface area contributed by atoms with Crippen LogP contribution in [0.1, 0.15) is 37.7 Å². The summed E-state index contributed by atoms with van der Waals surface area (Å²) >= 11 is 0. The minimum Gasteiger partial charge on any atom is -0.327 e. The van der Waals surface area contributed by atoms with Crippen molar-refractivity contribution in [1.29, 1.82) is 0 Å². The second kappa shape index (κ2) is 5.88. The Morgan fingerprint density at radius 2 is 1.95 bits per heavy atom. The monoisotopic (exact) mass is 303 g/mol. The van der Waals surface area contributed by atoms with Gasteiger partial charge in [-0.2, -0.15) is 0 Å². The topological polar surface area (TPSA) is 77.1 Å². The molecule has 1 aromatic heterocycles. The van der Waals surface area contributed by atoms with Gasteiger partial charge in [-0.3, -0.25) is 9.59 Å². The molecule has 5 heteroatoms. The van der Waals surface area contributed by atoms with E-state index in [0.29, 0.717) is 23.1 Å². The third kappa shape index (κ3) is 2.82. The maximum atomic E-state index is 12.6. The Morgan fingerprint density at radius 1 is 1.32 bits per heavy atom. The number of aryl methyl sites for hydroxylation is 2. The average Bonchev–Trinajstić information content (AvgIpc) is 2.44. The third-order valence-electron chi connectivity index (χ3n) is 5.41. The summed E-state index contributed by atoms with van der Waals surface area (Å²) in [5.74, 6) is 1.10. The SMILES string of the molecule is Cc1cc(NC(=O)C2CC3CCCC(C2)C3N)cn(C)c1=O. The zero-order valence-electron chi connectivity index (χ0n) is 13.3. The largest absolute Gasteiger partial charge is 0.327 e. The zero-order valence-corrected chi connectivity index (χ0v) is 13.3. The van der Waals surface area contributed by atoms with Crippen LogP contribution in [0.15, 0.2) is 17.1 Å². The molecule has 2 fully saturated rings. The summed E-state index contributed by atoms with van der Waals surface area (Å²) in [5, 5.41) is 2.99. The summed E-state index contributed by atoms with van der Waals surface area (Å²) in [6.07, 6.45) is 7.03. The van der Waals surface area contributed by atoms with E-state index in [1.807, 2.05) is 0 Å². The highest BCUT2D eigenvalue weighted by molar-refractivity contribution is 5.92. The van der Waals surface area contributed by atoms with E-state index in [1.165, 1.54) is 11.0 Å². The summed E-state index contributed by atoms with van der Waals surface area (Å²) in [6, 6.07) is 2.02. The van der Waals surface area contributed by atoms with Gasteiger partial charge in [0.15, 0.2) is 0 Å². The fraction of sp³-hybridized carbons (Fsp3) is 0.647. The van der Waals surface area contributed by atoms with Gasteiger partial charge in [-0.05, 0) is 50.5 Å². The second-order valence-electron chi connectivity index (χ2n) is 7.01. The lowest BCUT2D eigenvalue weighted by Crippen LogP contribution is -2.48. The summed E-state index contributed by atoms with van der Waals surface area (Å²) < 4.78 is 1.51. The molecule has 0 radical (unpaired) electrons. The first kappa shape index (κ1) is 15.3. The van der Waals surface area contributed by atoms with E-state index in [-0.39, 0.29) is 23.4 Å². The number of nitrogens with two attached hydrogens (primary N) is 1. The molecular weight excluding hydrogens is 278 g/mol. The molecule has 2 saturated carbocycles. The van der Waals surface area contributed by atoms with Crippen molar-refractivity contribution in [2.45, 2.75) is 45.1 Å². The molecule has 0 aromatic carbocycles. The highest BCUT2D eigenvalue weighted by Crippen LogP contribution is 2.42. The van der Waals surface area contributed by atoms with Gasteiger partial charge in [-0.15, -0.1) is 0 Å². The van der Waals surface area contributed by atoms with Crippen LogP contribution in [0.4, 0.5) is 5.69 Å². The smallest absolute Gasteiger partial charge is 0.253 e. The number of amides is 1. The van der Waals surface area contributed by atoms with Crippen LogP contribution in [-0.2, 0) is 11.8 Å². The number of rotatable bonds is 2. The first-order chi connectivity index (χ1) is 10.5. The van der Waals surface area contributed by atoms with Crippen LogP contribution in [0.25, 0.3) is 0 Å². The Labute approximate surface area is 130 Å². The summed E-state index contributed by atoms with van der Waals surface area (Å²) in [5.41, 5.74) is 7.59. The molecule has 5 nitrogen and oxygen atoms in total. The molecule has 1 aromatic rings. The van der Waals surface area contributed by atoms with E-state index < -0.39 is 0 Å². The lowest BCUT2D eigenvalue weighted by Gasteiger charge is -2.43. The van der Waals surface area contributed by atoms with Crippen LogP contribution in [-0.4, -0.2) is 16.5 Å². The Kier molecular flexibility index (Phi) is 4.08. The molecule has 0 spiro atoms. The minimum absolute atomic E-state index is 0.0313. The van der Waals surface area contributed by atoms with Crippen molar-refractivity contribution in [2.75, 3.05) is 5.32 Å². The van der Waals surface area contributed by atoms with E-state index in [9.17, 15) is 9.59 Å². The van der Waals surface area contributed by atoms with E-state index in [1.54, 1.807) is 26.2 Å². The number of pyridine rings is 1. The minimum atomic E-state index is -0.0313. The van der Waals surface area contributed by atoms with Gasteiger partial charge in [0, 0.05) is 30.8 Å². The van der Waals surface area contributed by atoms with Crippen molar-refractivity contribution in [1.82, 2.24) is 4.57 Å². The number of carbonyl (C=O) groups is 1. The van der Waals surface area contributed by atoms with Gasteiger partial charge in [-0.25, -0.2) is 0 Å². The van der Waals surface area contributed by atoms with Crippen LogP contribution in [0, 0.1) is 24.7 Å². The lowest BCUT2D eigenvalue weighted by molar-refractivity contribution is -0.122. The molecule has 1 amide bonds. The Hall–Kier alpha value is -1.62. The Balaban J connectivity index is 1.71. The maximum absolute atomic E-state index is 12.6. The number of nitrogens with one attached hydrogen (secondary N) is 1. The van der Waals surface area contributed by atoms with Gasteiger partial charge in [0.05, 0.1) is 5.69 Å². The summed E-state index contributed by atoms with van der Waals surface area (Å²) in [6.45, 7) is 1.77. The standard InChI is InChI=1S/C17H25N3O2/c1-10-6-14(9-20(2)17(10)22)19-16(21)13-7-11-4-3-5-12(8-13)15(11)18/h6,9,11-13,15H,3-5,7-8,18H2,1-2H3,(H,19,21). The molecule has 3 N–H and O–H groups in total. The van der Waals surface area contributed by atoms with Crippen LogP contribution in [0.3, 0.4) is 0 Å². The van der Waals surface area contributed by atoms with Gasteiger partial charge >= 0.3 is 0 Å². The van der Waals surface area contributed by atoms with Crippen molar-refractivity contribution < 1.29 is 4.79 Å². The molecule has 2 aliphatic rings. The fourth-order valence-electron chi connectivity index (χ4n) is 4.19. The van der Waals surface area contributed by atoms with Crippen molar-refractivity contribution in [3.63, 3.8) is 0 Å². The molecule has 0 saturated heterocycles. The van der Waals surface area contributed by atoms with Crippen molar-refractivity contribution in [2.24, 2.45) is 30.5 Å². The molecule has 1 heterocycles. The van der Waals surface area contributed by atoms with Crippen LogP contribution < -0.4 is 16.6 Å². The summed E-state index contributed by atoms with van der Waals surface area (Å²) in [4.78, 5) is 24.3. The van der Waals surface area contributed by atoms with E-state index in [2.05, 4.69) is 5.32 Å². The number of hydrogen-bond acceptors (Lipinski definition) is 3. The predicted molar refractivity (Wildman–Crippen MR) is 86.6 cm³/mol. The van der Waals surface area contributed by atoms with Gasteiger partial charge in [0.25, 0.3) is 5.56 Å². The number of nitrogens with zero attached hydrogens (tertiary/aromatic N) is 1. The molecule has 3 rings (SSSR count). The first-order valence-electron chi connectivity index (χ1n) is 8.19. The van der Waals surface area contributed by atoms with Crippen LogP contribution in [0.5, 0.6) is 0 Å². The lowest BCUT2D eigenvalue weighted by atomic mass is 9.65. The quantitative estimate of drug-likeness (QED) is 0.874. The van der Waals surface area contributed by atoms with E-state index in [0.717, 1.165) is 25.7 Å². The molecule has 22 heavy (non-hydrogen) atoms. The average molecular weight is 303 g/mol. The molecule has 120 valence electrons. The van der Waals surface area contributed by atoms with E-state index in [4.69, 9.17) is 5.73 Å². The van der Waals surface area contributed by atoms with Crippen molar-refractivity contribution >= 4 is 11.6 Å². The maximum Gasteiger partial charge on any atom is 0.253 e. The number of aromatic nitrogens is 1.